The summed E-state index contributed by atoms with van der Waals surface area (Å²) in [6.45, 7) is 2.94. The minimum absolute atomic E-state index is 0.0433. The molecular weight excluding hydrogens is 409 g/mol. The van der Waals surface area contributed by atoms with Gasteiger partial charge in [-0.25, -0.2) is 8.78 Å². The largest absolute Gasteiger partial charge is 0.431 e. The molecule has 11 heteroatoms. The van der Waals surface area contributed by atoms with Crippen LogP contribution >= 0.6 is 0 Å². The number of carbonyl (C=O) groups is 1. The van der Waals surface area contributed by atoms with Crippen LogP contribution in [0.15, 0.2) is 23.3 Å². The van der Waals surface area contributed by atoms with Gasteiger partial charge in [0.2, 0.25) is 11.6 Å². The molecule has 2 unspecified atom stereocenters. The van der Waals surface area contributed by atoms with Crippen molar-refractivity contribution in [1.29, 1.82) is 0 Å². The molecule has 2 heterocycles. The summed E-state index contributed by atoms with van der Waals surface area (Å²) < 4.78 is 67.8. The third-order valence-corrected chi connectivity index (χ3v) is 5.63. The Hall–Kier alpha value is -2.43. The molecule has 2 aliphatic rings. The topological polar surface area (TPSA) is 74.0 Å². The van der Waals surface area contributed by atoms with Gasteiger partial charge in [-0.2, -0.15) is 18.3 Å². The van der Waals surface area contributed by atoms with Crippen molar-refractivity contribution in [2.75, 3.05) is 13.1 Å². The molecule has 3 N–H and O–H groups in total. The zero-order valence-electron chi connectivity index (χ0n) is 16.6. The van der Waals surface area contributed by atoms with Crippen LogP contribution in [-0.2, 0) is 11.2 Å². The number of rotatable bonds is 4. The molecule has 30 heavy (non-hydrogen) atoms. The van der Waals surface area contributed by atoms with E-state index in [0.29, 0.717) is 6.42 Å². The van der Waals surface area contributed by atoms with Gasteiger partial charge in [-0.3, -0.25) is 10.2 Å². The van der Waals surface area contributed by atoms with E-state index in [1.165, 1.54) is 4.90 Å². The lowest BCUT2D eigenvalue weighted by Crippen LogP contribution is -2.62. The Morgan fingerprint density at radius 1 is 1.37 bits per heavy atom. The van der Waals surface area contributed by atoms with Gasteiger partial charge >= 0.3 is 6.18 Å². The van der Waals surface area contributed by atoms with E-state index in [1.54, 1.807) is 6.92 Å². The Morgan fingerprint density at radius 2 is 2.07 bits per heavy atom. The van der Waals surface area contributed by atoms with E-state index in [1.807, 2.05) is 0 Å². The van der Waals surface area contributed by atoms with Crippen LogP contribution in [0.2, 0.25) is 0 Å². The Bertz CT molecular complexity index is 845. The number of hydrazone groups is 1. The van der Waals surface area contributed by atoms with Crippen molar-refractivity contribution in [3.63, 3.8) is 0 Å². The smallest absolute Gasteiger partial charge is 0.333 e. The molecule has 3 atom stereocenters. The molecule has 166 valence electrons. The Morgan fingerprint density at radius 3 is 2.73 bits per heavy atom. The molecule has 1 aromatic carbocycles. The summed E-state index contributed by atoms with van der Waals surface area (Å²) in [5.41, 5.74) is 5.89. The van der Waals surface area contributed by atoms with Gasteiger partial charge in [-0.1, -0.05) is 0 Å². The molecule has 6 nitrogen and oxygen atoms in total. The SMILES string of the molecule is CC1C2=NNC(C)(C(F)(F)F)N2CCCN1C(=O)C[C@H](N)Cc1cc(F)ccc1F. The van der Waals surface area contributed by atoms with Gasteiger partial charge in [0, 0.05) is 25.6 Å². The Kier molecular flexibility index (Phi) is 5.94. The summed E-state index contributed by atoms with van der Waals surface area (Å²) in [6, 6.07) is 1.54. The number of nitrogens with zero attached hydrogens (tertiary/aromatic N) is 3. The van der Waals surface area contributed by atoms with Crippen molar-refractivity contribution in [2.24, 2.45) is 10.8 Å². The summed E-state index contributed by atoms with van der Waals surface area (Å²) in [6.07, 6.45) is -4.44. The lowest BCUT2D eigenvalue weighted by atomic mass is 10.0. The third-order valence-electron chi connectivity index (χ3n) is 5.63. The molecule has 1 saturated heterocycles. The summed E-state index contributed by atoms with van der Waals surface area (Å²) in [7, 11) is 0. The van der Waals surface area contributed by atoms with Crippen molar-refractivity contribution in [3.8, 4) is 0 Å². The Labute approximate surface area is 170 Å². The molecule has 1 aromatic rings. The van der Waals surface area contributed by atoms with E-state index in [9.17, 15) is 26.7 Å². The first kappa shape index (κ1) is 22.3. The molecule has 0 saturated carbocycles. The fourth-order valence-electron chi connectivity index (χ4n) is 3.86. The number of hydrogen-bond donors (Lipinski definition) is 2. The van der Waals surface area contributed by atoms with Gasteiger partial charge in [0.15, 0.2) is 0 Å². The minimum Gasteiger partial charge on any atom is -0.333 e. The number of fused-ring (bicyclic) bond motifs is 1. The van der Waals surface area contributed by atoms with E-state index in [2.05, 4.69) is 10.5 Å². The van der Waals surface area contributed by atoms with Gasteiger partial charge in [0.05, 0.1) is 6.04 Å². The van der Waals surface area contributed by atoms with Gasteiger partial charge in [-0.05, 0) is 50.5 Å². The van der Waals surface area contributed by atoms with Crippen molar-refractivity contribution in [2.45, 2.75) is 57.0 Å². The molecular formula is C19H24F5N5O. The number of amides is 1. The van der Waals surface area contributed by atoms with Crippen LogP contribution in [0, 0.1) is 11.6 Å². The lowest BCUT2D eigenvalue weighted by Gasteiger charge is -2.38. The lowest BCUT2D eigenvalue weighted by molar-refractivity contribution is -0.220. The van der Waals surface area contributed by atoms with Crippen LogP contribution in [0.5, 0.6) is 0 Å². The quantitative estimate of drug-likeness (QED) is 0.715. The number of benzene rings is 1. The average Bonchev–Trinajstić information content (AvgIpc) is 2.89. The summed E-state index contributed by atoms with van der Waals surface area (Å²) in [4.78, 5) is 15.4. The predicted molar refractivity (Wildman–Crippen MR) is 100 cm³/mol. The molecule has 1 fully saturated rings. The molecule has 0 bridgehead atoms. The van der Waals surface area contributed by atoms with Crippen molar-refractivity contribution < 1.29 is 26.7 Å². The number of alkyl halides is 3. The van der Waals surface area contributed by atoms with Crippen LogP contribution in [0.1, 0.15) is 32.3 Å². The van der Waals surface area contributed by atoms with Crippen molar-refractivity contribution in [3.05, 3.63) is 35.4 Å². The first-order valence-electron chi connectivity index (χ1n) is 9.62. The van der Waals surface area contributed by atoms with Gasteiger partial charge in [0.25, 0.3) is 0 Å². The first-order valence-corrected chi connectivity index (χ1v) is 9.62. The molecule has 0 aromatic heterocycles. The second-order valence-corrected chi connectivity index (χ2v) is 7.82. The van der Waals surface area contributed by atoms with Crippen LogP contribution in [-0.4, -0.2) is 58.6 Å². The van der Waals surface area contributed by atoms with Gasteiger partial charge in [-0.15, -0.1) is 0 Å². The molecule has 1 amide bonds. The molecule has 3 rings (SSSR count). The highest BCUT2D eigenvalue weighted by atomic mass is 19.4. The zero-order chi connectivity index (χ0) is 22.3. The number of amidine groups is 1. The maximum absolute atomic E-state index is 13.8. The van der Waals surface area contributed by atoms with E-state index in [4.69, 9.17) is 5.73 Å². The maximum Gasteiger partial charge on any atom is 0.431 e. The van der Waals surface area contributed by atoms with Gasteiger partial charge < -0.3 is 15.5 Å². The number of nitrogens with two attached hydrogens (primary N) is 1. The number of carbonyl (C=O) groups excluding carboxylic acids is 1. The highest BCUT2D eigenvalue weighted by Gasteiger charge is 2.60. The molecule has 0 radical (unpaired) electrons. The molecule has 0 spiro atoms. The second kappa shape index (κ2) is 8.01. The highest BCUT2D eigenvalue weighted by molar-refractivity contribution is 5.93. The van der Waals surface area contributed by atoms with Crippen LogP contribution in [0.25, 0.3) is 0 Å². The predicted octanol–water partition coefficient (Wildman–Crippen LogP) is 2.34. The first-order chi connectivity index (χ1) is 13.9. The number of hydrogen-bond acceptors (Lipinski definition) is 5. The third kappa shape index (κ3) is 4.07. The normalized spacial score (nSPS) is 25.3. The summed E-state index contributed by atoms with van der Waals surface area (Å²) in [5.74, 6) is -1.47. The Balaban J connectivity index is 1.69. The fraction of sp³-hybridized carbons (Fsp3) is 0.579. The van der Waals surface area contributed by atoms with Gasteiger partial charge in [0.1, 0.15) is 17.5 Å². The van der Waals surface area contributed by atoms with Crippen LogP contribution < -0.4 is 11.2 Å². The van der Waals surface area contributed by atoms with Crippen LogP contribution in [0.3, 0.4) is 0 Å². The van der Waals surface area contributed by atoms with E-state index in [-0.39, 0.29) is 43.2 Å². The van der Waals surface area contributed by atoms with Crippen LogP contribution in [0.4, 0.5) is 22.0 Å². The highest BCUT2D eigenvalue weighted by Crippen LogP contribution is 2.38. The van der Waals surface area contributed by atoms with Crippen molar-refractivity contribution in [1.82, 2.24) is 15.2 Å². The number of nitrogens with one attached hydrogen (secondary N) is 1. The zero-order valence-corrected chi connectivity index (χ0v) is 16.6. The summed E-state index contributed by atoms with van der Waals surface area (Å²) in [5, 5.41) is 3.88. The fourth-order valence-corrected chi connectivity index (χ4v) is 3.86. The maximum atomic E-state index is 13.8. The van der Waals surface area contributed by atoms with E-state index < -0.39 is 35.6 Å². The minimum atomic E-state index is -4.56. The molecule has 2 aliphatic heterocycles. The average molecular weight is 433 g/mol. The second-order valence-electron chi connectivity index (χ2n) is 7.82. The van der Waals surface area contributed by atoms with E-state index in [0.717, 1.165) is 30.0 Å². The summed E-state index contributed by atoms with van der Waals surface area (Å²) >= 11 is 0. The number of halogens is 5. The standard InChI is InChI=1S/C19H24F5N5O/c1-11-17-26-27-18(2,19(22,23)24)29(17)7-3-6-28(11)16(30)10-14(25)9-12-8-13(20)4-5-15(12)21/h4-5,8,11,14,27H,3,6-7,9-10,25H2,1-2H3/t11?,14-,18?/m1/s1. The van der Waals surface area contributed by atoms with Crippen molar-refractivity contribution >= 4 is 11.7 Å². The molecule has 0 aliphatic carbocycles. The van der Waals surface area contributed by atoms with E-state index >= 15 is 0 Å². The monoisotopic (exact) mass is 433 g/mol.